The number of nitrogens with zero attached hydrogens (tertiary/aromatic N) is 4. The third-order valence-corrected chi connectivity index (χ3v) is 2.55. The Morgan fingerprint density at radius 1 is 0.900 bits per heavy atom. The van der Waals surface area contributed by atoms with Crippen molar-refractivity contribution in [3.8, 4) is 23.0 Å². The molecule has 6 nitrogen and oxygen atoms in total. The first-order valence-corrected chi connectivity index (χ1v) is 5.95. The predicted molar refractivity (Wildman–Crippen MR) is 74.0 cm³/mol. The summed E-state index contributed by atoms with van der Waals surface area (Å²) in [6.45, 7) is 0. The van der Waals surface area contributed by atoms with E-state index in [-0.39, 0.29) is 12.0 Å². The number of rotatable bonds is 3. The van der Waals surface area contributed by atoms with E-state index in [4.69, 9.17) is 10.5 Å². The fourth-order valence-electron chi connectivity index (χ4n) is 1.63. The van der Waals surface area contributed by atoms with Gasteiger partial charge in [0.05, 0.1) is 5.69 Å². The standard InChI is InChI=1S/C14H11N5O/c15-13-16-7-6-12(19-13)10-8-17-14(18-9-10)20-11-4-2-1-3-5-11/h1-9H,(H2,15,16,19). The summed E-state index contributed by atoms with van der Waals surface area (Å²) in [6.07, 6.45) is 4.85. The highest BCUT2D eigenvalue weighted by Gasteiger charge is 2.04. The SMILES string of the molecule is Nc1nccc(-c2cnc(Oc3ccccc3)nc2)n1. The largest absolute Gasteiger partial charge is 0.424 e. The van der Waals surface area contributed by atoms with Gasteiger partial charge in [-0.1, -0.05) is 18.2 Å². The van der Waals surface area contributed by atoms with E-state index in [1.165, 1.54) is 0 Å². The van der Waals surface area contributed by atoms with E-state index in [0.717, 1.165) is 5.56 Å². The van der Waals surface area contributed by atoms with Gasteiger partial charge in [-0.3, -0.25) is 0 Å². The maximum atomic E-state index is 5.54. The Labute approximate surface area is 115 Å². The summed E-state index contributed by atoms with van der Waals surface area (Å²) < 4.78 is 5.51. The molecular weight excluding hydrogens is 254 g/mol. The van der Waals surface area contributed by atoms with Crippen LogP contribution in [0.3, 0.4) is 0 Å². The molecule has 2 N–H and O–H groups in total. The van der Waals surface area contributed by atoms with Crippen molar-refractivity contribution >= 4 is 5.95 Å². The van der Waals surface area contributed by atoms with Gasteiger partial charge in [-0.2, -0.15) is 0 Å². The second kappa shape index (κ2) is 5.31. The van der Waals surface area contributed by atoms with Gasteiger partial charge in [0.25, 0.3) is 0 Å². The van der Waals surface area contributed by atoms with Gasteiger partial charge in [-0.05, 0) is 18.2 Å². The van der Waals surface area contributed by atoms with Crippen molar-refractivity contribution in [3.05, 3.63) is 55.0 Å². The second-order valence-electron chi connectivity index (χ2n) is 3.97. The van der Waals surface area contributed by atoms with Crippen molar-refractivity contribution in [2.24, 2.45) is 0 Å². The van der Waals surface area contributed by atoms with Crippen LogP contribution in [0.1, 0.15) is 0 Å². The number of nitrogen functional groups attached to an aromatic ring is 1. The van der Waals surface area contributed by atoms with E-state index < -0.39 is 0 Å². The molecule has 0 aliphatic rings. The van der Waals surface area contributed by atoms with Gasteiger partial charge in [-0.15, -0.1) is 0 Å². The molecule has 0 unspecified atom stereocenters. The highest BCUT2D eigenvalue weighted by Crippen LogP contribution is 2.19. The van der Waals surface area contributed by atoms with Crippen molar-refractivity contribution in [3.63, 3.8) is 0 Å². The molecule has 0 atom stereocenters. The summed E-state index contributed by atoms with van der Waals surface area (Å²) in [5.74, 6) is 0.902. The number of anilines is 1. The molecular formula is C14H11N5O. The van der Waals surface area contributed by atoms with Crippen molar-refractivity contribution in [2.45, 2.75) is 0 Å². The lowest BCUT2D eigenvalue weighted by Gasteiger charge is -2.04. The number of para-hydroxylation sites is 1. The Kier molecular flexibility index (Phi) is 3.20. The van der Waals surface area contributed by atoms with Gasteiger partial charge >= 0.3 is 6.01 Å². The molecule has 20 heavy (non-hydrogen) atoms. The van der Waals surface area contributed by atoms with Gasteiger partial charge in [0.15, 0.2) is 0 Å². The average molecular weight is 265 g/mol. The molecule has 0 saturated carbocycles. The van der Waals surface area contributed by atoms with Crippen LogP contribution >= 0.6 is 0 Å². The van der Waals surface area contributed by atoms with Gasteiger partial charge in [0.2, 0.25) is 5.95 Å². The molecule has 0 aliphatic heterocycles. The Hall–Kier alpha value is -3.02. The fourth-order valence-corrected chi connectivity index (χ4v) is 1.63. The maximum absolute atomic E-state index is 5.54. The van der Waals surface area contributed by atoms with Crippen LogP contribution in [0.15, 0.2) is 55.0 Å². The summed E-state index contributed by atoms with van der Waals surface area (Å²) in [7, 11) is 0. The lowest BCUT2D eigenvalue weighted by Crippen LogP contribution is -1.96. The molecule has 0 saturated heterocycles. The molecule has 3 aromatic rings. The van der Waals surface area contributed by atoms with Crippen LogP contribution in [0.4, 0.5) is 5.95 Å². The molecule has 0 radical (unpaired) electrons. The Bertz CT molecular complexity index is 700. The van der Waals surface area contributed by atoms with Crippen LogP contribution in [0.2, 0.25) is 0 Å². The molecule has 0 amide bonds. The zero-order chi connectivity index (χ0) is 13.8. The normalized spacial score (nSPS) is 10.2. The number of ether oxygens (including phenoxy) is 1. The summed E-state index contributed by atoms with van der Waals surface area (Å²) in [4.78, 5) is 16.2. The van der Waals surface area contributed by atoms with E-state index in [2.05, 4.69) is 19.9 Å². The third-order valence-electron chi connectivity index (χ3n) is 2.55. The molecule has 1 aromatic carbocycles. The third kappa shape index (κ3) is 2.69. The fraction of sp³-hybridized carbons (Fsp3) is 0. The Morgan fingerprint density at radius 2 is 1.65 bits per heavy atom. The number of benzene rings is 1. The topological polar surface area (TPSA) is 86.8 Å². The first-order chi connectivity index (χ1) is 9.81. The summed E-state index contributed by atoms with van der Waals surface area (Å²) in [6, 6.07) is 11.4. The molecule has 3 rings (SSSR count). The van der Waals surface area contributed by atoms with Crippen LogP contribution in [0.5, 0.6) is 11.8 Å². The highest BCUT2D eigenvalue weighted by atomic mass is 16.5. The number of hydrogen-bond acceptors (Lipinski definition) is 6. The summed E-state index contributed by atoms with van der Waals surface area (Å²) >= 11 is 0. The monoisotopic (exact) mass is 265 g/mol. The average Bonchev–Trinajstić information content (AvgIpc) is 2.49. The number of nitrogens with two attached hydrogens (primary N) is 1. The molecule has 0 fully saturated rings. The minimum absolute atomic E-state index is 0.215. The van der Waals surface area contributed by atoms with Gasteiger partial charge < -0.3 is 10.5 Å². The van der Waals surface area contributed by atoms with E-state index >= 15 is 0 Å². The maximum Gasteiger partial charge on any atom is 0.321 e. The van der Waals surface area contributed by atoms with Crippen LogP contribution in [-0.4, -0.2) is 19.9 Å². The molecule has 6 heteroatoms. The first kappa shape index (κ1) is 12.0. The molecule has 2 heterocycles. The molecule has 0 spiro atoms. The Balaban J connectivity index is 1.81. The molecule has 2 aromatic heterocycles. The summed E-state index contributed by atoms with van der Waals surface area (Å²) in [5.41, 5.74) is 6.96. The van der Waals surface area contributed by atoms with Crippen LogP contribution in [-0.2, 0) is 0 Å². The zero-order valence-corrected chi connectivity index (χ0v) is 10.5. The van der Waals surface area contributed by atoms with Gasteiger partial charge in [0.1, 0.15) is 5.75 Å². The van der Waals surface area contributed by atoms with Crippen molar-refractivity contribution in [2.75, 3.05) is 5.73 Å². The molecule has 0 aliphatic carbocycles. The lowest BCUT2D eigenvalue weighted by atomic mass is 10.2. The number of hydrogen-bond donors (Lipinski definition) is 1. The minimum atomic E-state index is 0.215. The quantitative estimate of drug-likeness (QED) is 0.782. The number of aromatic nitrogens is 4. The van der Waals surface area contributed by atoms with Crippen molar-refractivity contribution in [1.29, 1.82) is 0 Å². The van der Waals surface area contributed by atoms with E-state index in [9.17, 15) is 0 Å². The smallest absolute Gasteiger partial charge is 0.321 e. The van der Waals surface area contributed by atoms with E-state index in [1.54, 1.807) is 24.7 Å². The zero-order valence-electron chi connectivity index (χ0n) is 10.5. The Morgan fingerprint density at radius 3 is 2.35 bits per heavy atom. The van der Waals surface area contributed by atoms with Gasteiger partial charge in [-0.25, -0.2) is 19.9 Å². The van der Waals surface area contributed by atoms with E-state index in [1.807, 2.05) is 30.3 Å². The van der Waals surface area contributed by atoms with E-state index in [0.29, 0.717) is 11.4 Å². The molecule has 0 bridgehead atoms. The second-order valence-corrected chi connectivity index (χ2v) is 3.97. The van der Waals surface area contributed by atoms with Gasteiger partial charge in [0, 0.05) is 24.2 Å². The van der Waals surface area contributed by atoms with Crippen LogP contribution in [0, 0.1) is 0 Å². The lowest BCUT2D eigenvalue weighted by molar-refractivity contribution is 0.442. The van der Waals surface area contributed by atoms with Crippen LogP contribution in [0.25, 0.3) is 11.3 Å². The van der Waals surface area contributed by atoms with Crippen molar-refractivity contribution in [1.82, 2.24) is 19.9 Å². The van der Waals surface area contributed by atoms with Crippen LogP contribution < -0.4 is 10.5 Å². The highest BCUT2D eigenvalue weighted by molar-refractivity contribution is 5.57. The summed E-state index contributed by atoms with van der Waals surface area (Å²) in [5, 5.41) is 0. The van der Waals surface area contributed by atoms with Crippen molar-refractivity contribution < 1.29 is 4.74 Å². The predicted octanol–water partition coefficient (Wildman–Crippen LogP) is 2.31. The minimum Gasteiger partial charge on any atom is -0.424 e. The molecule has 98 valence electrons. The first-order valence-electron chi connectivity index (χ1n) is 5.95.